The molecule has 0 amide bonds. The summed E-state index contributed by atoms with van der Waals surface area (Å²) in [7, 11) is -5.87. The molecular formula is C29H15F3O4S. The van der Waals surface area contributed by atoms with Crippen LogP contribution < -0.4 is 4.18 Å². The van der Waals surface area contributed by atoms with Gasteiger partial charge >= 0.3 is 15.6 Å². The summed E-state index contributed by atoms with van der Waals surface area (Å²) in [6.07, 6.45) is 0. The van der Waals surface area contributed by atoms with Crippen LogP contribution in [0.1, 0.15) is 0 Å². The predicted molar refractivity (Wildman–Crippen MR) is 139 cm³/mol. The minimum absolute atomic E-state index is 0.254. The smallest absolute Gasteiger partial charge is 0.456 e. The van der Waals surface area contributed by atoms with Gasteiger partial charge in [-0.15, -0.1) is 0 Å². The van der Waals surface area contributed by atoms with Crippen LogP contribution in [0.15, 0.2) is 95.4 Å². The highest BCUT2D eigenvalue weighted by atomic mass is 32.2. The van der Waals surface area contributed by atoms with Crippen molar-refractivity contribution in [3.63, 3.8) is 0 Å². The lowest BCUT2D eigenvalue weighted by Crippen LogP contribution is -2.28. The van der Waals surface area contributed by atoms with Crippen LogP contribution in [-0.2, 0) is 10.1 Å². The van der Waals surface area contributed by atoms with Crippen molar-refractivity contribution in [1.82, 2.24) is 0 Å². The molecule has 0 saturated heterocycles. The maximum absolute atomic E-state index is 13.2. The normalized spacial score (nSPS) is 12.9. The Morgan fingerprint density at radius 3 is 1.84 bits per heavy atom. The standard InChI is InChI=1S/C29H15F3O4S/c30-29(31,32)37(33,34)36-27-15-23-17-8-2-1-7-16(17)21-13-22-19-10-5-6-12-25(19)35-26(22)14-24(21)28(23)20-11-4-3-9-18(20)27/h1-15H. The largest absolute Gasteiger partial charge is 0.534 e. The van der Waals surface area contributed by atoms with Crippen LogP contribution in [0, 0.1) is 0 Å². The maximum Gasteiger partial charge on any atom is 0.534 e. The summed E-state index contributed by atoms with van der Waals surface area (Å²) in [5.74, 6) is -0.380. The second kappa shape index (κ2) is 7.36. The average Bonchev–Trinajstić information content (AvgIpc) is 3.24. The molecule has 0 bridgehead atoms. The molecule has 7 rings (SSSR count). The van der Waals surface area contributed by atoms with E-state index in [1.807, 2.05) is 54.6 Å². The topological polar surface area (TPSA) is 56.5 Å². The third kappa shape index (κ3) is 3.12. The van der Waals surface area contributed by atoms with Crippen molar-refractivity contribution in [2.24, 2.45) is 0 Å². The van der Waals surface area contributed by atoms with E-state index in [2.05, 4.69) is 10.2 Å². The van der Waals surface area contributed by atoms with E-state index < -0.39 is 15.6 Å². The van der Waals surface area contributed by atoms with E-state index in [0.29, 0.717) is 16.4 Å². The molecule has 1 aromatic heterocycles. The Balaban J connectivity index is 1.69. The van der Waals surface area contributed by atoms with Crippen molar-refractivity contribution < 1.29 is 30.2 Å². The maximum atomic E-state index is 13.2. The van der Waals surface area contributed by atoms with Gasteiger partial charge < -0.3 is 8.60 Å². The van der Waals surface area contributed by atoms with Gasteiger partial charge in [0.15, 0.2) is 5.75 Å². The number of hydrogen-bond donors (Lipinski definition) is 0. The van der Waals surface area contributed by atoms with Crippen molar-refractivity contribution in [2.75, 3.05) is 0 Å². The molecular weight excluding hydrogens is 501 g/mol. The number of alkyl halides is 3. The van der Waals surface area contributed by atoms with Crippen LogP contribution in [0.5, 0.6) is 5.75 Å². The second-order valence-electron chi connectivity index (χ2n) is 8.86. The second-order valence-corrected chi connectivity index (χ2v) is 10.4. The highest BCUT2D eigenvalue weighted by Crippen LogP contribution is 2.45. The van der Waals surface area contributed by atoms with Gasteiger partial charge in [-0.25, -0.2) is 0 Å². The zero-order valence-corrected chi connectivity index (χ0v) is 19.7. The van der Waals surface area contributed by atoms with E-state index in [-0.39, 0.29) is 11.1 Å². The van der Waals surface area contributed by atoms with Gasteiger partial charge in [0.2, 0.25) is 0 Å². The zero-order chi connectivity index (χ0) is 25.5. The van der Waals surface area contributed by atoms with Crippen molar-refractivity contribution in [1.29, 1.82) is 0 Å². The molecule has 0 aliphatic heterocycles. The molecule has 0 atom stereocenters. The fraction of sp³-hybridized carbons (Fsp3) is 0.0345. The number of rotatable bonds is 2. The van der Waals surface area contributed by atoms with Crippen LogP contribution in [-0.4, -0.2) is 13.9 Å². The minimum Gasteiger partial charge on any atom is -0.456 e. The molecule has 1 heterocycles. The fourth-order valence-electron chi connectivity index (χ4n) is 5.23. The molecule has 4 nitrogen and oxygen atoms in total. The fourth-order valence-corrected chi connectivity index (χ4v) is 5.70. The summed E-state index contributed by atoms with van der Waals surface area (Å²) in [4.78, 5) is 0. The van der Waals surface area contributed by atoms with E-state index in [9.17, 15) is 21.6 Å². The first-order valence-corrected chi connectivity index (χ1v) is 12.8. The number of halogens is 3. The highest BCUT2D eigenvalue weighted by Gasteiger charge is 2.48. The van der Waals surface area contributed by atoms with Crippen molar-refractivity contribution >= 4 is 75.1 Å². The van der Waals surface area contributed by atoms with E-state index in [0.717, 1.165) is 43.3 Å². The van der Waals surface area contributed by atoms with E-state index >= 15 is 0 Å². The number of para-hydroxylation sites is 1. The van der Waals surface area contributed by atoms with E-state index in [1.54, 1.807) is 24.3 Å². The van der Waals surface area contributed by atoms with Crippen LogP contribution in [0.4, 0.5) is 13.2 Å². The first kappa shape index (κ1) is 21.9. The van der Waals surface area contributed by atoms with Crippen molar-refractivity contribution in [2.45, 2.75) is 5.51 Å². The number of hydrogen-bond acceptors (Lipinski definition) is 4. The van der Waals surface area contributed by atoms with Crippen LogP contribution >= 0.6 is 0 Å². The molecule has 6 aromatic carbocycles. The van der Waals surface area contributed by atoms with Gasteiger partial charge in [0.1, 0.15) is 11.2 Å². The molecule has 0 aliphatic rings. The lowest BCUT2D eigenvalue weighted by molar-refractivity contribution is -0.0499. The average molecular weight is 516 g/mol. The summed E-state index contributed by atoms with van der Waals surface area (Å²) in [6.45, 7) is 0. The van der Waals surface area contributed by atoms with Crippen molar-refractivity contribution in [3.8, 4) is 5.75 Å². The quantitative estimate of drug-likeness (QED) is 0.131. The lowest BCUT2D eigenvalue weighted by Gasteiger charge is -2.16. The Kier molecular flexibility index (Phi) is 4.37. The molecule has 0 saturated carbocycles. The van der Waals surface area contributed by atoms with Crippen LogP contribution in [0.25, 0.3) is 65.0 Å². The van der Waals surface area contributed by atoms with Gasteiger partial charge in [-0.2, -0.15) is 21.6 Å². The van der Waals surface area contributed by atoms with Gasteiger partial charge in [0.25, 0.3) is 0 Å². The number of benzene rings is 6. The third-order valence-electron chi connectivity index (χ3n) is 6.78. The van der Waals surface area contributed by atoms with E-state index in [4.69, 9.17) is 4.42 Å². The SMILES string of the molecule is O=S(=O)(Oc1cc2c3ccccc3c3cc4c(cc3c2c2ccccc12)oc1ccccc14)C(F)(F)F. The molecule has 37 heavy (non-hydrogen) atoms. The van der Waals surface area contributed by atoms with Crippen LogP contribution in [0.3, 0.4) is 0 Å². The predicted octanol–water partition coefficient (Wildman–Crippen LogP) is 8.43. The molecule has 0 unspecified atom stereocenters. The van der Waals surface area contributed by atoms with Gasteiger partial charge in [-0.05, 0) is 62.0 Å². The Morgan fingerprint density at radius 2 is 1.14 bits per heavy atom. The number of fused-ring (bicyclic) bond motifs is 11. The first-order valence-electron chi connectivity index (χ1n) is 11.3. The Morgan fingerprint density at radius 1 is 0.568 bits per heavy atom. The third-order valence-corrected chi connectivity index (χ3v) is 7.75. The lowest BCUT2D eigenvalue weighted by atomic mass is 9.90. The summed E-state index contributed by atoms with van der Waals surface area (Å²) in [5, 5.41) is 7.51. The van der Waals surface area contributed by atoms with Gasteiger partial charge in [0.05, 0.1) is 0 Å². The zero-order valence-electron chi connectivity index (χ0n) is 18.8. The first-order chi connectivity index (χ1) is 17.7. The van der Waals surface area contributed by atoms with E-state index in [1.165, 1.54) is 6.07 Å². The monoisotopic (exact) mass is 516 g/mol. The van der Waals surface area contributed by atoms with Gasteiger partial charge in [0, 0.05) is 16.2 Å². The number of furan rings is 1. The summed E-state index contributed by atoms with van der Waals surface area (Å²) in [5.41, 5.74) is -4.13. The summed E-state index contributed by atoms with van der Waals surface area (Å²) >= 11 is 0. The highest BCUT2D eigenvalue weighted by molar-refractivity contribution is 7.88. The molecule has 0 spiro atoms. The van der Waals surface area contributed by atoms with Gasteiger partial charge in [-0.3, -0.25) is 0 Å². The molecule has 0 aliphatic carbocycles. The molecule has 0 radical (unpaired) electrons. The minimum atomic E-state index is -5.87. The molecule has 182 valence electrons. The molecule has 0 fully saturated rings. The summed E-state index contributed by atoms with van der Waals surface area (Å²) in [6, 6.07) is 27.4. The molecule has 7 aromatic rings. The molecule has 0 N–H and O–H groups in total. The molecule has 8 heteroatoms. The Labute approximate surface area is 207 Å². The van der Waals surface area contributed by atoms with Gasteiger partial charge in [-0.1, -0.05) is 66.7 Å². The van der Waals surface area contributed by atoms with Crippen molar-refractivity contribution in [3.05, 3.63) is 91.0 Å². The summed E-state index contributed by atoms with van der Waals surface area (Å²) < 4.78 is 74.3. The Bertz CT molecular complexity index is 2180. The van der Waals surface area contributed by atoms with Crippen LogP contribution in [0.2, 0.25) is 0 Å². The Hall–Kier alpha value is -4.30.